The van der Waals surface area contributed by atoms with Crippen molar-refractivity contribution in [2.24, 2.45) is 5.92 Å². The van der Waals surface area contributed by atoms with Crippen LogP contribution in [0, 0.1) is 5.92 Å². The number of halogens is 2. The van der Waals surface area contributed by atoms with E-state index in [-0.39, 0.29) is 35.5 Å². The van der Waals surface area contributed by atoms with Crippen LogP contribution in [0.25, 0.3) is 11.2 Å². The maximum Gasteiger partial charge on any atom is 0.316 e. The molecule has 3 heterocycles. The third-order valence-corrected chi connectivity index (χ3v) is 6.45. The molecule has 0 saturated carbocycles. The summed E-state index contributed by atoms with van der Waals surface area (Å²) in [6.07, 6.45) is 0.844. The van der Waals surface area contributed by atoms with Crippen molar-refractivity contribution in [3.63, 3.8) is 0 Å². The molecule has 0 bridgehead atoms. The van der Waals surface area contributed by atoms with Crippen LogP contribution < -0.4 is 10.1 Å². The van der Waals surface area contributed by atoms with E-state index in [2.05, 4.69) is 20.3 Å². The van der Waals surface area contributed by atoms with Crippen molar-refractivity contribution in [1.82, 2.24) is 19.5 Å². The van der Waals surface area contributed by atoms with E-state index >= 15 is 0 Å². The number of fused-ring (bicyclic) bond motifs is 1. The normalized spacial score (nSPS) is 20.9. The quantitative estimate of drug-likeness (QED) is 0.376. The summed E-state index contributed by atoms with van der Waals surface area (Å²) in [4.78, 5) is 34.8. The molecule has 2 aromatic heterocycles. The van der Waals surface area contributed by atoms with Crippen LogP contribution in [0.2, 0.25) is 10.0 Å². The summed E-state index contributed by atoms with van der Waals surface area (Å²) in [6, 6.07) is 4.74. The predicted octanol–water partition coefficient (Wildman–Crippen LogP) is 4.98. The van der Waals surface area contributed by atoms with Gasteiger partial charge in [0.25, 0.3) is 5.88 Å². The zero-order valence-corrected chi connectivity index (χ0v) is 21.6. The number of nitrogens with zero attached hydrogens (tertiary/aromatic N) is 4. The summed E-state index contributed by atoms with van der Waals surface area (Å²) >= 11 is 12.4. The van der Waals surface area contributed by atoms with Crippen LogP contribution in [0.3, 0.4) is 0 Å². The van der Waals surface area contributed by atoms with Crippen molar-refractivity contribution in [3.05, 3.63) is 34.6 Å². The largest absolute Gasteiger partial charge is 0.435 e. The third kappa shape index (κ3) is 5.77. The topological polar surface area (TPSA) is 138 Å². The molecular weight excluding hydrogens is 520 g/mol. The predicted molar refractivity (Wildman–Crippen MR) is 130 cm³/mol. The number of hydrogen-bond acceptors (Lipinski definition) is 8. The molecule has 11 nitrogen and oxygen atoms in total. The standard InChI is InChI=1S/C21H24Cl2N5O6P/c1-4-13-15(34-35(30)31)8-16(32-13)28-9-24-17-18(28)25-21(26-19(29)10(2)3)27-20(17)33-14-7-11(22)5-6-12(14)23/h5-7,9-10,13,15-16,35H,4,8H2,1-3H3,(H,30,31)(H,25,26,27,29)/t13-,15?,16-/m1/s1. The number of imidazole rings is 1. The van der Waals surface area contributed by atoms with Crippen molar-refractivity contribution in [2.45, 2.75) is 52.0 Å². The van der Waals surface area contributed by atoms with Crippen molar-refractivity contribution in [1.29, 1.82) is 0 Å². The second-order valence-electron chi connectivity index (χ2n) is 8.19. The number of hydrogen-bond donors (Lipinski definition) is 2. The number of amides is 1. The Labute approximate surface area is 211 Å². The molecule has 3 aromatic rings. The first-order valence-corrected chi connectivity index (χ1v) is 12.9. The Morgan fingerprint density at radius 2 is 2.14 bits per heavy atom. The minimum atomic E-state index is -3.14. The lowest BCUT2D eigenvalue weighted by atomic mass is 10.1. The van der Waals surface area contributed by atoms with Gasteiger partial charge in [-0.2, -0.15) is 9.97 Å². The average Bonchev–Trinajstić information content (AvgIpc) is 3.39. The van der Waals surface area contributed by atoms with Crippen LogP contribution >= 0.6 is 31.5 Å². The van der Waals surface area contributed by atoms with Gasteiger partial charge in [-0.1, -0.05) is 44.0 Å². The van der Waals surface area contributed by atoms with E-state index in [0.29, 0.717) is 34.1 Å². The Morgan fingerprint density at radius 1 is 1.37 bits per heavy atom. The van der Waals surface area contributed by atoms with Gasteiger partial charge in [0.2, 0.25) is 11.9 Å². The minimum Gasteiger partial charge on any atom is -0.435 e. The molecule has 4 atom stereocenters. The fraction of sp³-hybridized carbons (Fsp3) is 0.429. The number of rotatable bonds is 8. The van der Waals surface area contributed by atoms with Crippen molar-refractivity contribution in [3.8, 4) is 11.6 Å². The number of aromatic nitrogens is 4. The molecule has 1 amide bonds. The van der Waals surface area contributed by atoms with Crippen LogP contribution in [-0.4, -0.2) is 42.5 Å². The summed E-state index contributed by atoms with van der Waals surface area (Å²) in [5, 5.41) is 3.38. The van der Waals surface area contributed by atoms with E-state index in [1.807, 2.05) is 6.92 Å². The SMILES string of the molecule is CC[C@H]1O[C@@H](n2cnc3c(Oc4cc(Cl)ccc4Cl)nc(NC(=O)C(C)C)nc32)CC1O[PH](=O)O. The lowest BCUT2D eigenvalue weighted by molar-refractivity contribution is -0.118. The maximum absolute atomic E-state index is 12.3. The van der Waals surface area contributed by atoms with Gasteiger partial charge in [0.05, 0.1) is 23.6 Å². The molecule has 1 saturated heterocycles. The highest BCUT2D eigenvalue weighted by Gasteiger charge is 2.38. The van der Waals surface area contributed by atoms with Gasteiger partial charge < -0.3 is 18.9 Å². The van der Waals surface area contributed by atoms with E-state index in [1.54, 1.807) is 30.5 Å². The highest BCUT2D eigenvalue weighted by atomic mass is 35.5. The Bertz CT molecular complexity index is 1270. The molecule has 0 aliphatic carbocycles. The second kappa shape index (κ2) is 10.8. The molecule has 1 aliphatic heterocycles. The van der Waals surface area contributed by atoms with E-state index < -0.39 is 20.6 Å². The van der Waals surface area contributed by atoms with Gasteiger partial charge in [-0.3, -0.25) is 19.2 Å². The van der Waals surface area contributed by atoms with Crippen LogP contribution in [-0.2, 0) is 18.6 Å². The van der Waals surface area contributed by atoms with Crippen LogP contribution in [0.5, 0.6) is 11.6 Å². The number of nitrogens with one attached hydrogen (secondary N) is 1. The van der Waals surface area contributed by atoms with Gasteiger partial charge in [0.1, 0.15) is 12.0 Å². The number of carbonyl (C=O) groups is 1. The summed E-state index contributed by atoms with van der Waals surface area (Å²) in [7, 11) is -3.14. The Morgan fingerprint density at radius 3 is 2.83 bits per heavy atom. The zero-order valence-electron chi connectivity index (χ0n) is 19.1. The molecule has 1 aromatic carbocycles. The van der Waals surface area contributed by atoms with E-state index in [4.69, 9.17) is 37.2 Å². The summed E-state index contributed by atoms with van der Waals surface area (Å²) in [6.45, 7) is 5.38. The fourth-order valence-corrected chi connectivity index (χ4v) is 4.45. The summed E-state index contributed by atoms with van der Waals surface area (Å²) in [5.41, 5.74) is 0.615. The Hall–Kier alpha value is -2.27. The van der Waals surface area contributed by atoms with Crippen LogP contribution in [0.1, 0.15) is 39.8 Å². The molecule has 1 fully saturated rings. The second-order valence-corrected chi connectivity index (χ2v) is 9.80. The smallest absolute Gasteiger partial charge is 0.316 e. The van der Waals surface area contributed by atoms with Crippen molar-refractivity contribution >= 4 is 54.5 Å². The van der Waals surface area contributed by atoms with Gasteiger partial charge in [0, 0.05) is 23.4 Å². The van der Waals surface area contributed by atoms with Gasteiger partial charge in [-0.05, 0) is 18.6 Å². The highest BCUT2D eigenvalue weighted by Crippen LogP contribution is 2.39. The van der Waals surface area contributed by atoms with E-state index in [9.17, 15) is 14.3 Å². The van der Waals surface area contributed by atoms with E-state index in [0.717, 1.165) is 0 Å². The molecule has 35 heavy (non-hydrogen) atoms. The number of benzene rings is 1. The van der Waals surface area contributed by atoms with Crippen molar-refractivity contribution < 1.29 is 28.3 Å². The molecule has 0 radical (unpaired) electrons. The summed E-state index contributed by atoms with van der Waals surface area (Å²) < 4.78 is 30.1. The minimum absolute atomic E-state index is 0.00403. The monoisotopic (exact) mass is 543 g/mol. The van der Waals surface area contributed by atoms with Crippen LogP contribution in [0.15, 0.2) is 24.5 Å². The lowest BCUT2D eigenvalue weighted by Gasteiger charge is -2.15. The van der Waals surface area contributed by atoms with Crippen molar-refractivity contribution in [2.75, 3.05) is 5.32 Å². The first-order valence-electron chi connectivity index (χ1n) is 10.9. The summed E-state index contributed by atoms with van der Waals surface area (Å²) in [5.74, 6) is -0.292. The molecule has 2 N–H and O–H groups in total. The molecule has 14 heteroatoms. The zero-order chi connectivity index (χ0) is 25.3. The maximum atomic E-state index is 12.3. The molecule has 2 unspecified atom stereocenters. The van der Waals surface area contributed by atoms with Gasteiger partial charge in [-0.25, -0.2) is 4.98 Å². The average molecular weight is 544 g/mol. The number of carbonyl (C=O) groups excluding carboxylic acids is 1. The first kappa shape index (κ1) is 25.8. The first-order chi connectivity index (χ1) is 16.7. The molecule has 0 spiro atoms. The van der Waals surface area contributed by atoms with E-state index in [1.165, 1.54) is 12.4 Å². The Kier molecular flexibility index (Phi) is 7.95. The van der Waals surface area contributed by atoms with Gasteiger partial charge in [0.15, 0.2) is 11.2 Å². The molecular formula is C21H24Cl2N5O6P. The van der Waals surface area contributed by atoms with Crippen LogP contribution in [0.4, 0.5) is 5.95 Å². The number of anilines is 1. The molecule has 4 rings (SSSR count). The third-order valence-electron chi connectivity index (χ3n) is 5.39. The van der Waals surface area contributed by atoms with Gasteiger partial charge in [-0.15, -0.1) is 0 Å². The highest BCUT2D eigenvalue weighted by molar-refractivity contribution is 7.32. The number of ether oxygens (including phenoxy) is 2. The molecule has 1 aliphatic rings. The Balaban J connectivity index is 1.76. The fourth-order valence-electron chi connectivity index (χ4n) is 3.63. The molecule has 188 valence electrons. The lowest BCUT2D eigenvalue weighted by Crippen LogP contribution is -2.21. The van der Waals surface area contributed by atoms with Gasteiger partial charge >= 0.3 is 8.25 Å².